The highest BCUT2D eigenvalue weighted by Gasteiger charge is 2.34. The van der Waals surface area contributed by atoms with E-state index < -0.39 is 27.9 Å². The summed E-state index contributed by atoms with van der Waals surface area (Å²) in [6, 6.07) is 54.5. The van der Waals surface area contributed by atoms with Gasteiger partial charge in [0.15, 0.2) is 9.84 Å². The van der Waals surface area contributed by atoms with Gasteiger partial charge in [-0.1, -0.05) is 74.8 Å². The number of ether oxygens (including phenoxy) is 2. The van der Waals surface area contributed by atoms with Crippen molar-refractivity contribution < 1.29 is 67.8 Å². The first kappa shape index (κ1) is 85.6. The molecule has 0 saturated carbocycles. The monoisotopic (exact) mass is 1700 g/mol. The number of para-hydroxylation sites is 2. The van der Waals surface area contributed by atoms with Crippen LogP contribution in [0.25, 0.3) is 35.3 Å². The summed E-state index contributed by atoms with van der Waals surface area (Å²) >= 11 is 0. The second kappa shape index (κ2) is 36.6. The van der Waals surface area contributed by atoms with Crippen LogP contribution >= 0.6 is 0 Å². The van der Waals surface area contributed by atoms with Crippen molar-refractivity contribution >= 4 is 121 Å². The standard InChI is InChI=1S/C25H25N3O4S.C23H18F3N3O2.C23H18FN5O.C22H23F3N4O/c1-16(2)32-21-12-10-20(11-13-21)28-17(3)8-9-18-14-23(27-24(18)28)25(29)26-19-6-5-7-22(15-19)33(4,30)31;1-15-7-8-17-13-20(22(30)27-14-16-5-3-2-4-6-16)28-21(17)29(15)18-9-11-19(12-10-18)31-23(24,25)26;1-14-6-7-15-12-20(28-22(15)29(14)17-10-8-16(24)9-11-17)23(30)25-13-21-26-18-4-2-3-5-19(18)27-21;1-15-4-5-16-14-19(21(30)26-10-13-28-11-2-3-12-28)27-20(16)29(15)18-8-6-17(7-9-18)22(23,24)25/h5-16,27H,3H2,1-2,4H3,(H,26,29);2-13,28H,1,14H2,(H,27,30);2-12,28H,1,13H2,(H,25,30)(H,26,27);4-9,14,27H,1-3,10-13H2,(H,26,30). The second-order valence-corrected chi connectivity index (χ2v) is 31.4. The third-order valence-corrected chi connectivity index (χ3v) is 21.2. The number of nitrogens with zero attached hydrogens (tertiary/aromatic N) is 6. The fourth-order valence-corrected chi connectivity index (χ4v) is 14.8. The molecule has 0 aliphatic carbocycles. The SMILES string of the molecule is C=C1C=Cc2cc(C(=O)NCCN3CCCC3)[nH]c2N1c1ccc(C(F)(F)F)cc1.C=C1C=Cc2cc(C(=O)NCc3ccccc3)[nH]c2N1c1ccc(OC(F)(F)F)cc1.C=C1C=Cc2cc(C(=O)NCc3nc4ccccc4[nH]3)[nH]c2N1c1ccc(F)cc1.C=C1C=Cc2cc(C(=O)Nc3cccc(S(C)(=O)=O)c3)[nH]c2N1c1ccc(OC(C)C)cc1. The minimum absolute atomic E-state index is 0.0814. The fraction of sp³-hybridized carbons (Fsp3) is 0.151. The van der Waals surface area contributed by atoms with E-state index in [0.29, 0.717) is 93.3 Å². The third kappa shape index (κ3) is 20.6. The quantitative estimate of drug-likeness (QED) is 0.0321. The number of H-pyrrole nitrogens is 5. The Balaban J connectivity index is 0.000000135. The molecule has 17 rings (SSSR count). The van der Waals surface area contributed by atoms with Gasteiger partial charge in [-0.05, 0) is 246 Å². The molecule has 1 fully saturated rings. The Hall–Kier alpha value is -14.9. The van der Waals surface area contributed by atoms with E-state index in [0.717, 1.165) is 106 Å². The van der Waals surface area contributed by atoms with Crippen LogP contribution in [-0.2, 0) is 29.1 Å². The highest BCUT2D eigenvalue weighted by Crippen LogP contribution is 2.43. The number of rotatable bonds is 20. The number of amides is 4. The van der Waals surface area contributed by atoms with E-state index in [9.17, 15) is 58.3 Å². The zero-order valence-corrected chi connectivity index (χ0v) is 68.1. The van der Waals surface area contributed by atoms with Gasteiger partial charge in [-0.25, -0.2) is 17.8 Å². The summed E-state index contributed by atoms with van der Waals surface area (Å²) in [4.78, 5) is 80.7. The predicted molar refractivity (Wildman–Crippen MR) is 468 cm³/mol. The number of anilines is 9. The van der Waals surface area contributed by atoms with E-state index in [1.54, 1.807) is 70.5 Å². The Morgan fingerprint density at radius 1 is 0.484 bits per heavy atom. The Morgan fingerprint density at radius 3 is 1.36 bits per heavy atom. The van der Waals surface area contributed by atoms with Gasteiger partial charge >= 0.3 is 12.5 Å². The van der Waals surface area contributed by atoms with Crippen molar-refractivity contribution in [3.05, 3.63) is 341 Å². The van der Waals surface area contributed by atoms with Crippen LogP contribution in [0.3, 0.4) is 0 Å². The zero-order chi connectivity index (χ0) is 87.7. The van der Waals surface area contributed by atoms with Gasteiger partial charge in [0, 0.05) is 99.4 Å². The van der Waals surface area contributed by atoms with Crippen molar-refractivity contribution in [3.8, 4) is 11.5 Å². The van der Waals surface area contributed by atoms with Gasteiger partial charge in [-0.15, -0.1) is 13.2 Å². The molecule has 124 heavy (non-hydrogen) atoms. The number of sulfone groups is 1. The van der Waals surface area contributed by atoms with E-state index >= 15 is 0 Å². The van der Waals surface area contributed by atoms with Crippen molar-refractivity contribution in [2.45, 2.75) is 63.3 Å². The number of likely N-dealkylation sites (tertiary alicyclic amines) is 1. The summed E-state index contributed by atoms with van der Waals surface area (Å²) in [6.07, 6.45) is 9.16. The van der Waals surface area contributed by atoms with Crippen LogP contribution in [0.5, 0.6) is 11.5 Å². The van der Waals surface area contributed by atoms with Crippen LogP contribution in [-0.4, -0.2) is 112 Å². The van der Waals surface area contributed by atoms with Gasteiger partial charge in [0.05, 0.1) is 34.1 Å². The molecule has 5 aromatic heterocycles. The number of fused-ring (bicyclic) bond motifs is 5. The number of alkyl halides is 6. The minimum Gasteiger partial charge on any atom is -0.491 e. The lowest BCUT2D eigenvalue weighted by Crippen LogP contribution is -2.33. The van der Waals surface area contributed by atoms with Crippen molar-refractivity contribution in [2.75, 3.05) is 57.4 Å². The van der Waals surface area contributed by atoms with Gasteiger partial charge in [0.2, 0.25) is 0 Å². The van der Waals surface area contributed by atoms with Gasteiger partial charge < -0.3 is 60.6 Å². The van der Waals surface area contributed by atoms with Gasteiger partial charge in [-0.2, -0.15) is 13.2 Å². The predicted octanol–water partition coefficient (Wildman–Crippen LogP) is 19.8. The molecule has 9 N–H and O–H groups in total. The maximum Gasteiger partial charge on any atom is 0.573 e. The zero-order valence-electron chi connectivity index (χ0n) is 67.2. The van der Waals surface area contributed by atoms with Crippen molar-refractivity contribution in [1.29, 1.82) is 0 Å². The van der Waals surface area contributed by atoms with Crippen LogP contribution in [0.2, 0.25) is 0 Å². The number of benzene rings is 7. The maximum absolute atomic E-state index is 13.3. The molecule has 31 heteroatoms. The van der Waals surface area contributed by atoms with E-state index in [-0.39, 0.29) is 52.7 Å². The Morgan fingerprint density at radius 2 is 0.911 bits per heavy atom. The summed E-state index contributed by atoms with van der Waals surface area (Å²) in [7, 11) is -3.38. The highest BCUT2D eigenvalue weighted by atomic mass is 32.2. The molecule has 5 aliphatic heterocycles. The number of aromatic amines is 5. The summed E-state index contributed by atoms with van der Waals surface area (Å²) in [5, 5.41) is 11.4. The smallest absolute Gasteiger partial charge is 0.491 e. The molecular formula is C93H84F7N15O8S. The number of nitrogens with one attached hydrogen (secondary N) is 9. The number of hydrogen-bond donors (Lipinski definition) is 9. The van der Waals surface area contributed by atoms with E-state index in [4.69, 9.17) is 4.74 Å². The summed E-state index contributed by atoms with van der Waals surface area (Å²) in [5.41, 5.74) is 12.5. The second-order valence-electron chi connectivity index (χ2n) is 29.4. The van der Waals surface area contributed by atoms with E-state index in [2.05, 4.69) is 87.1 Å². The average Bonchev–Trinajstić information content (AvgIpc) is 1.55. The van der Waals surface area contributed by atoms with Crippen molar-refractivity contribution in [1.82, 2.24) is 50.8 Å². The first-order chi connectivity index (χ1) is 59.3. The van der Waals surface area contributed by atoms with Crippen molar-refractivity contribution in [3.63, 3.8) is 0 Å². The number of hydrogen-bond acceptors (Lipinski definition) is 14. The number of carbonyl (C=O) groups is 4. The molecule has 0 unspecified atom stereocenters. The minimum atomic E-state index is -4.76. The van der Waals surface area contributed by atoms with Crippen LogP contribution in [0.1, 0.15) is 108 Å². The summed E-state index contributed by atoms with van der Waals surface area (Å²) in [6.45, 7) is 24.3. The molecule has 0 radical (unpaired) electrons. The molecule has 1 saturated heterocycles. The number of halogens is 7. The molecule has 634 valence electrons. The summed E-state index contributed by atoms with van der Waals surface area (Å²) in [5.74, 6) is 2.35. The van der Waals surface area contributed by atoms with Crippen molar-refractivity contribution in [2.24, 2.45) is 0 Å². The third-order valence-electron chi connectivity index (χ3n) is 20.1. The number of allylic oxidation sites excluding steroid dienone is 4. The Kier molecular flexibility index (Phi) is 25.3. The maximum atomic E-state index is 13.3. The fourth-order valence-electron chi connectivity index (χ4n) is 14.2. The lowest BCUT2D eigenvalue weighted by molar-refractivity contribution is -0.274. The average molecular weight is 1700 g/mol. The highest BCUT2D eigenvalue weighted by molar-refractivity contribution is 7.90. The van der Waals surface area contributed by atoms with Gasteiger partial charge in [0.25, 0.3) is 23.6 Å². The van der Waals surface area contributed by atoms with Crippen LogP contribution in [0.4, 0.5) is 82.4 Å². The molecule has 10 heterocycles. The molecule has 0 atom stereocenters. The first-order valence-electron chi connectivity index (χ1n) is 39.1. The number of aromatic nitrogens is 6. The molecule has 12 aromatic rings. The van der Waals surface area contributed by atoms with E-state index in [1.807, 2.05) is 139 Å². The lowest BCUT2D eigenvalue weighted by atomic mass is 10.1. The topological polar surface area (TPSA) is 277 Å². The normalized spacial score (nSPS) is 14.0. The molecule has 0 spiro atoms. The van der Waals surface area contributed by atoms with Gasteiger partial charge in [-0.3, -0.25) is 38.8 Å². The molecule has 4 amide bonds. The number of imidazole rings is 1. The Bertz CT molecular complexity index is 6240. The summed E-state index contributed by atoms with van der Waals surface area (Å²) < 4.78 is 122. The van der Waals surface area contributed by atoms with Crippen LogP contribution < -0.4 is 50.3 Å². The Labute approximate surface area is 708 Å². The lowest BCUT2D eigenvalue weighted by Gasteiger charge is -2.27. The first-order valence-corrected chi connectivity index (χ1v) is 41.0. The molecular weight excluding hydrogens is 1620 g/mol. The van der Waals surface area contributed by atoms with E-state index in [1.165, 1.54) is 73.5 Å². The largest absolute Gasteiger partial charge is 0.573 e. The number of carbonyl (C=O) groups excluding carboxylic acids is 4. The van der Waals surface area contributed by atoms with Gasteiger partial charge in [0.1, 0.15) is 69.2 Å². The molecule has 5 aliphatic rings. The molecule has 0 bridgehead atoms. The van der Waals surface area contributed by atoms with Crippen LogP contribution in [0, 0.1) is 5.82 Å². The molecule has 7 aromatic carbocycles. The molecule has 23 nitrogen and oxygen atoms in total. The van der Waals surface area contributed by atoms with Crippen LogP contribution in [0.15, 0.2) is 278 Å².